The van der Waals surface area contributed by atoms with Gasteiger partial charge < -0.3 is 73.7 Å². The standard InChI is InChI=1S/C27H32O16/c1-8-16(30)20(34)22(36)26(39-8)43-25-21(35)18(32)13(7-28)41-27(25)42-23-12(38-3)6-9(29)14-19(33)15-10(40-24(14)23)4-5-11(37-2)17(15)31/h4-6,8,13,16,18,20-22,25-32,34-36H,7H2,1-3H3. The largest absolute Gasteiger partial charge is 0.507 e. The quantitative estimate of drug-likeness (QED) is 0.140. The molecule has 2 aromatic carbocycles. The molecule has 236 valence electrons. The van der Waals surface area contributed by atoms with Gasteiger partial charge in [0.1, 0.15) is 58.7 Å². The second-order valence-corrected chi connectivity index (χ2v) is 10.2. The van der Waals surface area contributed by atoms with Gasteiger partial charge in [-0.25, -0.2) is 0 Å². The third kappa shape index (κ3) is 5.20. The molecule has 2 saturated heterocycles. The van der Waals surface area contributed by atoms with Crippen molar-refractivity contribution in [3.8, 4) is 28.7 Å². The summed E-state index contributed by atoms with van der Waals surface area (Å²) >= 11 is 0. The Morgan fingerprint density at radius 1 is 0.837 bits per heavy atom. The minimum Gasteiger partial charge on any atom is -0.507 e. The summed E-state index contributed by atoms with van der Waals surface area (Å²) in [5.41, 5.74) is -1.36. The van der Waals surface area contributed by atoms with Gasteiger partial charge in [0.05, 0.1) is 26.9 Å². The van der Waals surface area contributed by atoms with Gasteiger partial charge >= 0.3 is 0 Å². The van der Waals surface area contributed by atoms with E-state index in [2.05, 4.69) is 0 Å². The van der Waals surface area contributed by atoms with E-state index >= 15 is 0 Å². The van der Waals surface area contributed by atoms with E-state index in [1.807, 2.05) is 0 Å². The molecule has 0 amide bonds. The van der Waals surface area contributed by atoms with Gasteiger partial charge in [0.2, 0.25) is 17.5 Å². The molecule has 8 N–H and O–H groups in total. The number of fused-ring (bicyclic) bond motifs is 2. The molecule has 16 nitrogen and oxygen atoms in total. The van der Waals surface area contributed by atoms with Gasteiger partial charge in [0.25, 0.3) is 0 Å². The second-order valence-electron chi connectivity index (χ2n) is 10.2. The lowest BCUT2D eigenvalue weighted by molar-refractivity contribution is -0.354. The highest BCUT2D eigenvalue weighted by molar-refractivity contribution is 6.00. The molecule has 10 atom stereocenters. The Morgan fingerprint density at radius 3 is 2.19 bits per heavy atom. The number of methoxy groups -OCH3 is 2. The van der Waals surface area contributed by atoms with Crippen molar-refractivity contribution in [2.45, 2.75) is 68.3 Å². The summed E-state index contributed by atoms with van der Waals surface area (Å²) in [5, 5.41) is 82.6. The van der Waals surface area contributed by atoms with Crippen LogP contribution in [0.15, 0.2) is 27.4 Å². The van der Waals surface area contributed by atoms with Crippen LogP contribution in [-0.2, 0) is 14.2 Å². The molecule has 2 aliphatic rings. The van der Waals surface area contributed by atoms with E-state index < -0.39 is 90.3 Å². The number of hydrogen-bond donors (Lipinski definition) is 8. The molecule has 0 spiro atoms. The number of rotatable bonds is 7. The number of benzene rings is 2. The van der Waals surface area contributed by atoms with Gasteiger partial charge in [-0.3, -0.25) is 4.79 Å². The summed E-state index contributed by atoms with van der Waals surface area (Å²) in [5.74, 6) is -1.69. The molecule has 16 heteroatoms. The third-order valence-corrected chi connectivity index (χ3v) is 7.55. The second kappa shape index (κ2) is 11.9. The summed E-state index contributed by atoms with van der Waals surface area (Å²) in [4.78, 5) is 13.5. The van der Waals surface area contributed by atoms with Crippen molar-refractivity contribution in [1.82, 2.24) is 0 Å². The highest BCUT2D eigenvalue weighted by Gasteiger charge is 2.51. The smallest absolute Gasteiger partial charge is 0.230 e. The fraction of sp³-hybridized carbons (Fsp3) is 0.519. The summed E-state index contributed by atoms with van der Waals surface area (Å²) in [6.07, 6.45) is -16.0. The van der Waals surface area contributed by atoms with E-state index in [0.717, 1.165) is 6.07 Å². The van der Waals surface area contributed by atoms with Crippen LogP contribution in [-0.4, -0.2) is 123 Å². The molecule has 43 heavy (non-hydrogen) atoms. The summed E-state index contributed by atoms with van der Waals surface area (Å²) in [6, 6.07) is 3.70. The maximum atomic E-state index is 13.5. The lowest BCUT2D eigenvalue weighted by Gasteiger charge is -2.45. The Balaban J connectivity index is 1.62. The fourth-order valence-corrected chi connectivity index (χ4v) is 5.13. The molecule has 10 unspecified atom stereocenters. The van der Waals surface area contributed by atoms with Crippen LogP contribution in [0.25, 0.3) is 21.9 Å². The zero-order valence-electron chi connectivity index (χ0n) is 23.1. The number of phenolic OH excluding ortho intramolecular Hbond substituents is 2. The highest BCUT2D eigenvalue weighted by atomic mass is 16.8. The zero-order chi connectivity index (χ0) is 31.3. The normalized spacial score (nSPS) is 33.0. The van der Waals surface area contributed by atoms with E-state index in [-0.39, 0.29) is 33.8 Å². The van der Waals surface area contributed by atoms with Crippen LogP contribution in [0.5, 0.6) is 28.7 Å². The predicted molar refractivity (Wildman–Crippen MR) is 142 cm³/mol. The number of hydrogen-bond acceptors (Lipinski definition) is 16. The molecular formula is C27H32O16. The molecule has 5 rings (SSSR count). The maximum Gasteiger partial charge on any atom is 0.230 e. The van der Waals surface area contributed by atoms with Crippen molar-refractivity contribution in [3.05, 3.63) is 28.4 Å². The van der Waals surface area contributed by atoms with Gasteiger partial charge in [-0.1, -0.05) is 0 Å². The fourth-order valence-electron chi connectivity index (χ4n) is 5.13. The van der Waals surface area contributed by atoms with Gasteiger partial charge in [-0.2, -0.15) is 0 Å². The van der Waals surface area contributed by atoms with Crippen LogP contribution < -0.4 is 19.6 Å². The summed E-state index contributed by atoms with van der Waals surface area (Å²) < 4.78 is 39.1. The molecule has 1 aromatic heterocycles. The lowest BCUT2D eigenvalue weighted by Crippen LogP contribution is -2.64. The first-order chi connectivity index (χ1) is 20.4. The Kier molecular flexibility index (Phi) is 8.59. The molecule has 0 aliphatic carbocycles. The van der Waals surface area contributed by atoms with E-state index in [4.69, 9.17) is 32.8 Å². The molecule has 0 bridgehead atoms. The summed E-state index contributed by atoms with van der Waals surface area (Å²) in [7, 11) is 2.50. The molecular weight excluding hydrogens is 580 g/mol. The average Bonchev–Trinajstić information content (AvgIpc) is 2.99. The predicted octanol–water partition coefficient (Wildman–Crippen LogP) is -1.59. The highest BCUT2D eigenvalue weighted by Crippen LogP contribution is 2.44. The number of aromatic hydroxyl groups is 2. The number of phenols is 2. The first kappa shape index (κ1) is 31.0. The van der Waals surface area contributed by atoms with Crippen LogP contribution in [0, 0.1) is 0 Å². The summed E-state index contributed by atoms with van der Waals surface area (Å²) in [6.45, 7) is 0.630. The lowest BCUT2D eigenvalue weighted by atomic mass is 9.97. The molecule has 2 aliphatic heterocycles. The Labute approximate surface area is 242 Å². The first-order valence-corrected chi connectivity index (χ1v) is 13.1. The van der Waals surface area contributed by atoms with E-state index in [1.165, 1.54) is 33.3 Å². The molecule has 0 saturated carbocycles. The minimum absolute atomic E-state index is 0.0270. The van der Waals surface area contributed by atoms with Crippen molar-refractivity contribution >= 4 is 21.9 Å². The van der Waals surface area contributed by atoms with Gasteiger partial charge in [0.15, 0.2) is 35.2 Å². The monoisotopic (exact) mass is 612 g/mol. The van der Waals surface area contributed by atoms with Gasteiger partial charge in [-0.15, -0.1) is 0 Å². The van der Waals surface area contributed by atoms with E-state index in [1.54, 1.807) is 0 Å². The average molecular weight is 613 g/mol. The van der Waals surface area contributed by atoms with Crippen LogP contribution in [0.4, 0.5) is 0 Å². The zero-order valence-corrected chi connectivity index (χ0v) is 23.1. The first-order valence-electron chi connectivity index (χ1n) is 13.1. The van der Waals surface area contributed by atoms with Gasteiger partial charge in [-0.05, 0) is 19.1 Å². The molecule has 3 heterocycles. The molecule has 0 radical (unpaired) electrons. The number of ether oxygens (including phenoxy) is 6. The van der Waals surface area contributed by atoms with Crippen LogP contribution in [0.2, 0.25) is 0 Å². The van der Waals surface area contributed by atoms with Crippen LogP contribution >= 0.6 is 0 Å². The van der Waals surface area contributed by atoms with Crippen LogP contribution in [0.3, 0.4) is 0 Å². The Hall–Kier alpha value is -3.45. The van der Waals surface area contributed by atoms with Crippen molar-refractivity contribution < 1.29 is 73.7 Å². The SMILES string of the molecule is COc1cc(O)c2c(=O)c3c(O)c(OC)ccc3oc2c1OC1OC(CO)C(O)C(O)C1OC1OC(C)C(O)C(O)C1O. The Morgan fingerprint density at radius 2 is 1.53 bits per heavy atom. The van der Waals surface area contributed by atoms with E-state index in [9.17, 15) is 45.6 Å². The van der Waals surface area contributed by atoms with Gasteiger partial charge in [0, 0.05) is 6.07 Å². The van der Waals surface area contributed by atoms with Crippen molar-refractivity contribution in [2.75, 3.05) is 20.8 Å². The number of aliphatic hydroxyl groups excluding tert-OH is 6. The van der Waals surface area contributed by atoms with Crippen molar-refractivity contribution in [2.24, 2.45) is 0 Å². The molecule has 3 aromatic rings. The minimum atomic E-state index is -1.84. The Bertz CT molecular complexity index is 1540. The van der Waals surface area contributed by atoms with Crippen molar-refractivity contribution in [1.29, 1.82) is 0 Å². The maximum absolute atomic E-state index is 13.5. The number of aliphatic hydroxyl groups is 6. The van der Waals surface area contributed by atoms with E-state index in [0.29, 0.717) is 0 Å². The topological polar surface area (TPSA) is 247 Å². The third-order valence-electron chi connectivity index (χ3n) is 7.55. The van der Waals surface area contributed by atoms with Crippen molar-refractivity contribution in [3.63, 3.8) is 0 Å². The van der Waals surface area contributed by atoms with Crippen LogP contribution in [0.1, 0.15) is 6.92 Å². The molecule has 2 fully saturated rings.